The van der Waals surface area contributed by atoms with E-state index in [1.54, 1.807) is 4.90 Å². The van der Waals surface area contributed by atoms with Crippen LogP contribution in [-0.2, 0) is 31.0 Å². The van der Waals surface area contributed by atoms with Gasteiger partial charge in [-0.1, -0.05) is 0 Å². The lowest BCUT2D eigenvalue weighted by Crippen LogP contribution is -2.45. The van der Waals surface area contributed by atoms with Gasteiger partial charge >= 0.3 is 0 Å². The molecule has 11 heteroatoms. The van der Waals surface area contributed by atoms with Crippen LogP contribution in [0.2, 0.25) is 0 Å². The van der Waals surface area contributed by atoms with Gasteiger partial charge in [-0.15, -0.1) is 0 Å². The Morgan fingerprint density at radius 1 is 1.21 bits per heavy atom. The monoisotopic (exact) mass is 465 g/mol. The summed E-state index contributed by atoms with van der Waals surface area (Å²) in [6, 6.07) is 0.360. The summed E-state index contributed by atoms with van der Waals surface area (Å²) in [6.45, 7) is 5.52. The van der Waals surface area contributed by atoms with E-state index in [9.17, 15) is 4.79 Å². The highest BCUT2D eigenvalue weighted by Gasteiger charge is 2.44. The first kappa shape index (κ1) is 26.5. The first-order chi connectivity index (χ1) is 15.8. The minimum absolute atomic E-state index is 0.156. The van der Waals surface area contributed by atoms with Gasteiger partial charge in [-0.3, -0.25) is 19.3 Å². The summed E-state index contributed by atoms with van der Waals surface area (Å²) in [7, 11) is 3.65. The van der Waals surface area contributed by atoms with Crippen LogP contribution in [0.25, 0.3) is 0 Å². The smallest absolute Gasteiger partial charge is 0.290 e. The standard InChI is InChI=1S/C20H31N5O2.2CH2O2/c1-14-21-18-16(19(22-14)23-15-5-11-27-13-15)4-6-20(18)7-9-25(10-8-20)12-17(26)24(2)3;2*2-1-3/h15H,4-13H2,1-3H3,(H,21,22,23);2*1H,(H,2,3). The molecule has 1 spiro atoms. The number of hydrogen-bond acceptors (Lipinski definition) is 8. The molecule has 2 aliphatic heterocycles. The number of anilines is 1. The molecule has 1 amide bonds. The van der Waals surface area contributed by atoms with Crippen molar-refractivity contribution in [1.82, 2.24) is 19.8 Å². The summed E-state index contributed by atoms with van der Waals surface area (Å²) in [5.74, 6) is 2.05. The molecule has 0 radical (unpaired) electrons. The Bertz CT molecular complexity index is 799. The number of nitrogens with zero attached hydrogens (tertiary/aromatic N) is 4. The summed E-state index contributed by atoms with van der Waals surface area (Å²) < 4.78 is 5.51. The molecular formula is C22H35N5O6. The summed E-state index contributed by atoms with van der Waals surface area (Å²) in [5.41, 5.74) is 2.73. The number of ether oxygens (including phenoxy) is 1. The fourth-order valence-corrected chi connectivity index (χ4v) is 4.67. The van der Waals surface area contributed by atoms with Crippen LogP contribution in [-0.4, -0.2) is 102 Å². The zero-order chi connectivity index (χ0) is 24.4. The lowest BCUT2D eigenvalue weighted by atomic mass is 9.76. The van der Waals surface area contributed by atoms with Gasteiger partial charge in [-0.05, 0) is 52.1 Å². The summed E-state index contributed by atoms with van der Waals surface area (Å²) >= 11 is 0. The fraction of sp³-hybridized carbons (Fsp3) is 0.682. The molecular weight excluding hydrogens is 430 g/mol. The van der Waals surface area contributed by atoms with Crippen LogP contribution in [0.4, 0.5) is 5.82 Å². The Kier molecular flexibility index (Phi) is 9.98. The molecule has 2 saturated heterocycles. The van der Waals surface area contributed by atoms with E-state index in [1.807, 2.05) is 21.0 Å². The van der Waals surface area contributed by atoms with E-state index in [0.717, 1.165) is 70.0 Å². The zero-order valence-electron chi connectivity index (χ0n) is 19.6. The number of likely N-dealkylation sites (tertiary alicyclic amines) is 1. The quantitative estimate of drug-likeness (QED) is 0.545. The lowest BCUT2D eigenvalue weighted by Gasteiger charge is -2.39. The number of hydrogen-bond donors (Lipinski definition) is 3. The van der Waals surface area contributed by atoms with Crippen LogP contribution < -0.4 is 5.32 Å². The summed E-state index contributed by atoms with van der Waals surface area (Å²) in [4.78, 5) is 42.3. The molecule has 1 atom stereocenters. The van der Waals surface area contributed by atoms with E-state index in [4.69, 9.17) is 34.5 Å². The van der Waals surface area contributed by atoms with E-state index < -0.39 is 0 Å². The molecule has 1 aromatic rings. The van der Waals surface area contributed by atoms with Crippen molar-refractivity contribution >= 4 is 24.7 Å². The number of nitrogens with one attached hydrogen (secondary N) is 1. The highest BCUT2D eigenvalue weighted by molar-refractivity contribution is 5.77. The van der Waals surface area contributed by atoms with Crippen LogP contribution in [0.15, 0.2) is 0 Å². The van der Waals surface area contributed by atoms with Crippen LogP contribution in [0.3, 0.4) is 0 Å². The Balaban J connectivity index is 0.000000582. The largest absolute Gasteiger partial charge is 0.483 e. The molecule has 1 unspecified atom stereocenters. The number of aromatic nitrogens is 2. The van der Waals surface area contributed by atoms with E-state index in [-0.39, 0.29) is 24.3 Å². The zero-order valence-corrected chi connectivity index (χ0v) is 19.6. The van der Waals surface area contributed by atoms with Crippen LogP contribution in [0, 0.1) is 6.92 Å². The number of piperidine rings is 1. The SMILES string of the molecule is Cc1nc(NC2CCOC2)c2c(n1)C1(CC2)CCN(CC(=O)N(C)C)CC1.O=CO.O=CO. The second kappa shape index (κ2) is 12.4. The first-order valence-corrected chi connectivity index (χ1v) is 11.1. The second-order valence-corrected chi connectivity index (χ2v) is 8.71. The van der Waals surface area contributed by atoms with Crippen molar-refractivity contribution in [2.75, 3.05) is 52.3 Å². The van der Waals surface area contributed by atoms with Gasteiger partial charge in [0.1, 0.15) is 11.6 Å². The average molecular weight is 466 g/mol. The summed E-state index contributed by atoms with van der Waals surface area (Å²) in [6.07, 6.45) is 5.37. The maximum absolute atomic E-state index is 12.0. The molecule has 3 N–H and O–H groups in total. The maximum atomic E-state index is 12.0. The number of amides is 1. The topological polar surface area (TPSA) is 145 Å². The first-order valence-electron chi connectivity index (χ1n) is 11.1. The van der Waals surface area contributed by atoms with Crippen LogP contribution >= 0.6 is 0 Å². The number of carbonyl (C=O) groups excluding carboxylic acids is 1. The van der Waals surface area contributed by atoms with E-state index in [2.05, 4.69) is 10.2 Å². The third-order valence-electron chi connectivity index (χ3n) is 6.42. The van der Waals surface area contributed by atoms with Gasteiger partial charge in [-0.25, -0.2) is 9.97 Å². The molecule has 1 aliphatic carbocycles. The normalized spacial score (nSPS) is 20.5. The number of aryl methyl sites for hydroxylation is 1. The lowest BCUT2D eigenvalue weighted by molar-refractivity contribution is -0.130. The molecule has 3 heterocycles. The third-order valence-corrected chi connectivity index (χ3v) is 6.42. The molecule has 0 bridgehead atoms. The molecule has 0 aromatic carbocycles. The number of likely N-dealkylation sites (N-methyl/N-ethyl adjacent to an activating group) is 1. The third kappa shape index (κ3) is 6.84. The number of carbonyl (C=O) groups is 3. The molecule has 2 fully saturated rings. The fourth-order valence-electron chi connectivity index (χ4n) is 4.67. The highest BCUT2D eigenvalue weighted by atomic mass is 16.5. The predicted octanol–water partition coefficient (Wildman–Crippen LogP) is 0.755. The Labute approximate surface area is 194 Å². The minimum Gasteiger partial charge on any atom is -0.483 e. The molecule has 11 nitrogen and oxygen atoms in total. The van der Waals surface area contributed by atoms with Gasteiger partial charge in [-0.2, -0.15) is 0 Å². The number of carboxylic acid groups (broad SMARTS) is 2. The average Bonchev–Trinajstić information content (AvgIpc) is 3.40. The van der Waals surface area contributed by atoms with Crippen molar-refractivity contribution in [2.45, 2.75) is 50.5 Å². The Morgan fingerprint density at radius 2 is 1.85 bits per heavy atom. The van der Waals surface area contributed by atoms with E-state index in [0.29, 0.717) is 12.6 Å². The summed E-state index contributed by atoms with van der Waals surface area (Å²) in [5, 5.41) is 17.4. The molecule has 184 valence electrons. The minimum atomic E-state index is -0.250. The molecule has 4 rings (SSSR count). The molecule has 33 heavy (non-hydrogen) atoms. The van der Waals surface area contributed by atoms with Crippen molar-refractivity contribution in [3.05, 3.63) is 17.1 Å². The van der Waals surface area contributed by atoms with Gasteiger partial charge in [0.25, 0.3) is 12.9 Å². The maximum Gasteiger partial charge on any atom is 0.290 e. The van der Waals surface area contributed by atoms with Crippen molar-refractivity contribution in [3.63, 3.8) is 0 Å². The molecule has 1 aromatic heterocycles. The Hall–Kier alpha value is -2.79. The van der Waals surface area contributed by atoms with Crippen molar-refractivity contribution < 1.29 is 29.3 Å². The second-order valence-electron chi connectivity index (χ2n) is 8.71. The van der Waals surface area contributed by atoms with Gasteiger partial charge in [0.05, 0.1) is 24.9 Å². The number of rotatable bonds is 4. The van der Waals surface area contributed by atoms with Gasteiger partial charge in [0, 0.05) is 31.7 Å². The van der Waals surface area contributed by atoms with Gasteiger partial charge in [0.15, 0.2) is 0 Å². The van der Waals surface area contributed by atoms with Crippen molar-refractivity contribution in [2.24, 2.45) is 0 Å². The van der Waals surface area contributed by atoms with Crippen molar-refractivity contribution in [1.29, 1.82) is 0 Å². The van der Waals surface area contributed by atoms with E-state index >= 15 is 0 Å². The molecule has 3 aliphatic rings. The Morgan fingerprint density at radius 3 is 2.39 bits per heavy atom. The highest BCUT2D eigenvalue weighted by Crippen LogP contribution is 2.47. The van der Waals surface area contributed by atoms with Crippen molar-refractivity contribution in [3.8, 4) is 0 Å². The van der Waals surface area contributed by atoms with Gasteiger partial charge < -0.3 is 25.2 Å². The van der Waals surface area contributed by atoms with Crippen LogP contribution in [0.1, 0.15) is 42.8 Å². The predicted molar refractivity (Wildman–Crippen MR) is 121 cm³/mol. The van der Waals surface area contributed by atoms with Gasteiger partial charge in [0.2, 0.25) is 5.91 Å². The van der Waals surface area contributed by atoms with Crippen LogP contribution in [0.5, 0.6) is 0 Å². The molecule has 0 saturated carbocycles. The number of fused-ring (bicyclic) bond motifs is 2. The van der Waals surface area contributed by atoms with E-state index in [1.165, 1.54) is 11.3 Å².